The van der Waals surface area contributed by atoms with Gasteiger partial charge < -0.3 is 9.84 Å². The highest BCUT2D eigenvalue weighted by Gasteiger charge is 2.35. The molecule has 0 bridgehead atoms. The Morgan fingerprint density at radius 1 is 1.31 bits per heavy atom. The summed E-state index contributed by atoms with van der Waals surface area (Å²) >= 11 is 6.01. The molecule has 0 fully saturated rings. The van der Waals surface area contributed by atoms with Crippen molar-refractivity contribution in [1.82, 2.24) is 9.78 Å². The molecule has 2 rings (SSSR count). The third kappa shape index (κ3) is 4.49. The van der Waals surface area contributed by atoms with Crippen molar-refractivity contribution in [3.63, 3.8) is 0 Å². The molecule has 1 heterocycles. The zero-order valence-electron chi connectivity index (χ0n) is 14.4. The molecular weight excluding hydrogens is 360 g/mol. The van der Waals surface area contributed by atoms with E-state index in [1.807, 2.05) is 6.07 Å². The van der Waals surface area contributed by atoms with E-state index in [0.717, 1.165) is 16.4 Å². The Hall–Kier alpha value is -2.67. The normalized spacial score (nSPS) is 13.0. The van der Waals surface area contributed by atoms with Crippen molar-refractivity contribution in [3.8, 4) is 0 Å². The van der Waals surface area contributed by atoms with Crippen molar-refractivity contribution in [2.24, 2.45) is 0 Å². The van der Waals surface area contributed by atoms with E-state index >= 15 is 0 Å². The van der Waals surface area contributed by atoms with E-state index in [2.05, 4.69) is 5.10 Å². The summed E-state index contributed by atoms with van der Waals surface area (Å²) in [6, 6.07) is 9.04. The van der Waals surface area contributed by atoms with Crippen molar-refractivity contribution in [2.75, 3.05) is 0 Å². The van der Waals surface area contributed by atoms with Crippen LogP contribution in [0.5, 0.6) is 0 Å². The van der Waals surface area contributed by atoms with Gasteiger partial charge in [-0.15, -0.1) is 0 Å². The molecule has 1 aromatic carbocycles. The number of halogens is 1. The van der Waals surface area contributed by atoms with E-state index in [4.69, 9.17) is 16.3 Å². The molecule has 0 aliphatic heterocycles. The number of esters is 1. The molecule has 7 nitrogen and oxygen atoms in total. The van der Waals surface area contributed by atoms with Crippen LogP contribution in [0.4, 0.5) is 0 Å². The number of benzene rings is 1. The van der Waals surface area contributed by atoms with Gasteiger partial charge in [-0.1, -0.05) is 48.9 Å². The van der Waals surface area contributed by atoms with Gasteiger partial charge >= 0.3 is 11.9 Å². The first-order valence-electron chi connectivity index (χ1n) is 8.07. The summed E-state index contributed by atoms with van der Waals surface area (Å²) in [5, 5.41) is 13.2. The van der Waals surface area contributed by atoms with Gasteiger partial charge in [0, 0.05) is 0 Å². The second-order valence-electron chi connectivity index (χ2n) is 5.78. The van der Waals surface area contributed by atoms with Crippen LogP contribution in [-0.2, 0) is 20.9 Å². The van der Waals surface area contributed by atoms with E-state index in [9.17, 15) is 19.5 Å². The van der Waals surface area contributed by atoms with E-state index in [-0.39, 0.29) is 17.1 Å². The van der Waals surface area contributed by atoms with Crippen LogP contribution < -0.4 is 5.56 Å². The molecule has 138 valence electrons. The standard InChI is InChI=1S/C18H19ClN2O5/c1-3-11(2)26-18(25)15(17(23)24)14-13(19)9-20-21(16(14)22)10-12-7-5-4-6-8-12/h4-9,11,15H,3,10H2,1-2H3,(H,23,24). The number of aromatic nitrogens is 2. The summed E-state index contributed by atoms with van der Waals surface area (Å²) in [5.74, 6) is -4.34. The molecule has 0 amide bonds. The molecule has 1 aromatic heterocycles. The Kier molecular flexibility index (Phi) is 6.52. The van der Waals surface area contributed by atoms with Crippen LogP contribution >= 0.6 is 11.6 Å². The maximum atomic E-state index is 12.7. The molecule has 0 saturated carbocycles. The Labute approximate surface area is 155 Å². The van der Waals surface area contributed by atoms with Crippen molar-refractivity contribution in [1.29, 1.82) is 0 Å². The molecule has 1 N–H and O–H groups in total. The second-order valence-corrected chi connectivity index (χ2v) is 6.19. The minimum Gasteiger partial charge on any atom is -0.480 e. The minimum atomic E-state index is -1.81. The first-order valence-corrected chi connectivity index (χ1v) is 8.45. The van der Waals surface area contributed by atoms with Gasteiger partial charge in [-0.25, -0.2) is 4.68 Å². The number of hydrogen-bond donors (Lipinski definition) is 1. The van der Waals surface area contributed by atoms with Crippen LogP contribution in [0.3, 0.4) is 0 Å². The molecule has 0 radical (unpaired) electrons. The zero-order chi connectivity index (χ0) is 19.3. The fourth-order valence-electron chi connectivity index (χ4n) is 2.31. The molecule has 0 aliphatic rings. The van der Waals surface area contributed by atoms with Gasteiger partial charge in [-0.05, 0) is 18.9 Å². The largest absolute Gasteiger partial charge is 0.480 e. The fourth-order valence-corrected chi connectivity index (χ4v) is 2.54. The molecular formula is C18H19ClN2O5. The van der Waals surface area contributed by atoms with Gasteiger partial charge in [-0.2, -0.15) is 5.10 Å². The average molecular weight is 379 g/mol. The van der Waals surface area contributed by atoms with Gasteiger partial charge in [0.15, 0.2) is 5.92 Å². The maximum Gasteiger partial charge on any atom is 0.325 e. The molecule has 0 spiro atoms. The van der Waals surface area contributed by atoms with E-state index < -0.39 is 29.5 Å². The SMILES string of the molecule is CCC(C)OC(=O)C(C(=O)O)c1c(Cl)cnn(Cc2ccccc2)c1=O. The highest BCUT2D eigenvalue weighted by molar-refractivity contribution is 6.31. The van der Waals surface area contributed by atoms with Gasteiger partial charge in [0.05, 0.1) is 29.4 Å². The number of carboxylic acids is 1. The molecule has 8 heteroatoms. The lowest BCUT2D eigenvalue weighted by Crippen LogP contribution is -2.35. The number of carbonyl (C=O) groups excluding carboxylic acids is 1. The predicted octanol–water partition coefficient (Wildman–Crippen LogP) is 2.45. The Bertz CT molecular complexity index is 850. The second kappa shape index (κ2) is 8.62. The minimum absolute atomic E-state index is 0.122. The van der Waals surface area contributed by atoms with E-state index in [1.165, 1.54) is 0 Å². The van der Waals surface area contributed by atoms with Gasteiger partial charge in [0.1, 0.15) is 0 Å². The quantitative estimate of drug-likeness (QED) is 0.587. The third-order valence-corrected chi connectivity index (χ3v) is 4.17. The lowest BCUT2D eigenvalue weighted by molar-refractivity contribution is -0.157. The van der Waals surface area contributed by atoms with Gasteiger partial charge in [0.25, 0.3) is 5.56 Å². The first-order chi connectivity index (χ1) is 12.3. The number of rotatable bonds is 7. The molecule has 2 atom stereocenters. The summed E-state index contributed by atoms with van der Waals surface area (Å²) in [5.41, 5.74) is -0.294. The Morgan fingerprint density at radius 2 is 1.96 bits per heavy atom. The highest BCUT2D eigenvalue weighted by Crippen LogP contribution is 2.23. The zero-order valence-corrected chi connectivity index (χ0v) is 15.1. The summed E-state index contributed by atoms with van der Waals surface area (Å²) in [6.07, 6.45) is 1.20. The number of carbonyl (C=O) groups is 2. The average Bonchev–Trinajstić information content (AvgIpc) is 2.61. The fraction of sp³-hybridized carbons (Fsp3) is 0.333. The lowest BCUT2D eigenvalue weighted by atomic mass is 10.0. The van der Waals surface area contributed by atoms with Crippen LogP contribution in [-0.4, -0.2) is 32.9 Å². The Morgan fingerprint density at radius 3 is 2.54 bits per heavy atom. The van der Waals surface area contributed by atoms with Gasteiger partial charge in [0.2, 0.25) is 0 Å². The van der Waals surface area contributed by atoms with E-state index in [1.54, 1.807) is 38.1 Å². The molecule has 2 aromatic rings. The summed E-state index contributed by atoms with van der Waals surface area (Å²) in [7, 11) is 0. The van der Waals surface area contributed by atoms with Crippen molar-refractivity contribution >= 4 is 23.5 Å². The van der Waals surface area contributed by atoms with Crippen LogP contribution in [0, 0.1) is 0 Å². The van der Waals surface area contributed by atoms with Crippen molar-refractivity contribution in [2.45, 2.75) is 38.8 Å². The molecule has 26 heavy (non-hydrogen) atoms. The summed E-state index contributed by atoms with van der Waals surface area (Å²) in [6.45, 7) is 3.55. The van der Waals surface area contributed by atoms with E-state index in [0.29, 0.717) is 6.42 Å². The molecule has 0 saturated heterocycles. The van der Waals surface area contributed by atoms with Gasteiger partial charge in [-0.3, -0.25) is 14.4 Å². The van der Waals surface area contributed by atoms with Crippen LogP contribution in [0.25, 0.3) is 0 Å². The summed E-state index contributed by atoms with van der Waals surface area (Å²) < 4.78 is 6.17. The first kappa shape index (κ1) is 19.7. The van der Waals surface area contributed by atoms with Crippen LogP contribution in [0.1, 0.15) is 37.3 Å². The number of aliphatic carboxylic acids is 1. The molecule has 0 aliphatic carbocycles. The smallest absolute Gasteiger partial charge is 0.325 e. The summed E-state index contributed by atoms with van der Waals surface area (Å²) in [4.78, 5) is 36.7. The lowest BCUT2D eigenvalue weighted by Gasteiger charge is -2.17. The highest BCUT2D eigenvalue weighted by atomic mass is 35.5. The van der Waals surface area contributed by atoms with Crippen molar-refractivity contribution < 1.29 is 19.4 Å². The maximum absolute atomic E-state index is 12.7. The van der Waals surface area contributed by atoms with Crippen LogP contribution in [0.15, 0.2) is 41.3 Å². The molecule has 2 unspecified atom stereocenters. The number of ether oxygens (including phenoxy) is 1. The van der Waals surface area contributed by atoms with Crippen LogP contribution in [0.2, 0.25) is 5.02 Å². The number of nitrogens with zero attached hydrogens (tertiary/aromatic N) is 2. The number of carboxylic acid groups (broad SMARTS) is 1. The predicted molar refractivity (Wildman–Crippen MR) is 95.3 cm³/mol. The van der Waals surface area contributed by atoms with Crippen molar-refractivity contribution in [3.05, 3.63) is 63.0 Å². The topological polar surface area (TPSA) is 98.5 Å². The monoisotopic (exact) mass is 378 g/mol. The third-order valence-electron chi connectivity index (χ3n) is 3.87. The number of hydrogen-bond acceptors (Lipinski definition) is 5. The Balaban J connectivity index is 2.45.